The van der Waals surface area contributed by atoms with E-state index in [1.54, 1.807) is 6.07 Å². The maximum Gasteiger partial charge on any atom is 0.260 e. The fourth-order valence-electron chi connectivity index (χ4n) is 2.12. The third-order valence-electron chi connectivity index (χ3n) is 3.16. The SMILES string of the molecule is CCn1nccc1S(=O)(=O)N1CC[C@H](CN)C1. The highest BCUT2D eigenvalue weighted by atomic mass is 32.2. The highest BCUT2D eigenvalue weighted by Gasteiger charge is 2.33. The quantitative estimate of drug-likeness (QED) is 0.816. The third-order valence-corrected chi connectivity index (χ3v) is 5.05. The minimum atomic E-state index is -3.40. The van der Waals surface area contributed by atoms with E-state index in [1.807, 2.05) is 6.92 Å². The molecule has 1 aromatic rings. The lowest BCUT2D eigenvalue weighted by Crippen LogP contribution is -2.31. The van der Waals surface area contributed by atoms with Crippen molar-refractivity contribution in [3.8, 4) is 0 Å². The summed E-state index contributed by atoms with van der Waals surface area (Å²) >= 11 is 0. The molecular formula is C10H18N4O2S. The monoisotopic (exact) mass is 258 g/mol. The van der Waals surface area contributed by atoms with Crippen LogP contribution in [-0.2, 0) is 16.6 Å². The Morgan fingerprint density at radius 3 is 2.94 bits per heavy atom. The molecule has 2 heterocycles. The van der Waals surface area contributed by atoms with E-state index in [0.717, 1.165) is 6.42 Å². The van der Waals surface area contributed by atoms with Crippen LogP contribution in [0.15, 0.2) is 17.3 Å². The van der Waals surface area contributed by atoms with Crippen LogP contribution < -0.4 is 5.73 Å². The van der Waals surface area contributed by atoms with Gasteiger partial charge in [0.1, 0.15) is 0 Å². The van der Waals surface area contributed by atoms with Gasteiger partial charge in [-0.05, 0) is 31.9 Å². The lowest BCUT2D eigenvalue weighted by Gasteiger charge is -2.16. The summed E-state index contributed by atoms with van der Waals surface area (Å²) in [6, 6.07) is 1.55. The molecule has 1 fully saturated rings. The molecule has 0 amide bonds. The van der Waals surface area contributed by atoms with Gasteiger partial charge in [0.25, 0.3) is 10.0 Å². The summed E-state index contributed by atoms with van der Waals surface area (Å²) in [6.07, 6.45) is 2.36. The molecule has 7 heteroatoms. The molecule has 0 saturated carbocycles. The van der Waals surface area contributed by atoms with Crippen molar-refractivity contribution >= 4 is 10.0 Å². The van der Waals surface area contributed by atoms with Crippen molar-refractivity contribution in [2.45, 2.75) is 24.9 Å². The van der Waals surface area contributed by atoms with Crippen LogP contribution >= 0.6 is 0 Å². The number of nitrogens with two attached hydrogens (primary N) is 1. The lowest BCUT2D eigenvalue weighted by atomic mass is 10.1. The molecule has 1 atom stereocenters. The second kappa shape index (κ2) is 4.75. The first kappa shape index (κ1) is 12.5. The Balaban J connectivity index is 2.26. The van der Waals surface area contributed by atoms with Crippen molar-refractivity contribution in [1.82, 2.24) is 14.1 Å². The molecule has 0 radical (unpaired) electrons. The molecule has 2 N–H and O–H groups in total. The number of aryl methyl sites for hydroxylation is 1. The Hall–Kier alpha value is -0.920. The predicted octanol–water partition coefficient (Wildman–Crippen LogP) is -0.128. The van der Waals surface area contributed by atoms with Crippen LogP contribution in [0.2, 0.25) is 0 Å². The van der Waals surface area contributed by atoms with Gasteiger partial charge in [-0.2, -0.15) is 9.40 Å². The van der Waals surface area contributed by atoms with E-state index < -0.39 is 10.0 Å². The smallest absolute Gasteiger partial charge is 0.260 e. The van der Waals surface area contributed by atoms with Crippen LogP contribution in [0.1, 0.15) is 13.3 Å². The fraction of sp³-hybridized carbons (Fsp3) is 0.700. The molecule has 1 aliphatic rings. The molecule has 0 spiro atoms. The summed E-state index contributed by atoms with van der Waals surface area (Å²) in [5.41, 5.74) is 5.58. The number of nitrogens with zero attached hydrogens (tertiary/aromatic N) is 3. The van der Waals surface area contributed by atoms with Gasteiger partial charge in [0, 0.05) is 19.6 Å². The van der Waals surface area contributed by atoms with Crippen LogP contribution in [0.25, 0.3) is 0 Å². The fourth-order valence-corrected chi connectivity index (χ4v) is 3.81. The Morgan fingerprint density at radius 2 is 2.35 bits per heavy atom. The van der Waals surface area contributed by atoms with Crippen LogP contribution in [-0.4, -0.2) is 42.1 Å². The second-order valence-corrected chi connectivity index (χ2v) is 6.12. The topological polar surface area (TPSA) is 81.2 Å². The molecule has 1 aromatic heterocycles. The molecule has 0 aliphatic carbocycles. The van der Waals surface area contributed by atoms with Gasteiger partial charge in [0.05, 0.1) is 6.20 Å². The Bertz CT molecular complexity index is 482. The van der Waals surface area contributed by atoms with E-state index in [-0.39, 0.29) is 10.9 Å². The molecule has 1 saturated heterocycles. The van der Waals surface area contributed by atoms with Crippen LogP contribution in [0, 0.1) is 5.92 Å². The van der Waals surface area contributed by atoms with Crippen molar-refractivity contribution in [2.75, 3.05) is 19.6 Å². The summed E-state index contributed by atoms with van der Waals surface area (Å²) in [4.78, 5) is 0. The molecule has 0 bridgehead atoms. The van der Waals surface area contributed by atoms with Crippen molar-refractivity contribution in [3.05, 3.63) is 12.3 Å². The van der Waals surface area contributed by atoms with Gasteiger partial charge in [-0.15, -0.1) is 0 Å². The first-order valence-electron chi connectivity index (χ1n) is 5.81. The third kappa shape index (κ3) is 2.22. The normalized spacial score (nSPS) is 22.1. The minimum Gasteiger partial charge on any atom is -0.330 e. The highest BCUT2D eigenvalue weighted by molar-refractivity contribution is 7.89. The predicted molar refractivity (Wildman–Crippen MR) is 63.8 cm³/mol. The lowest BCUT2D eigenvalue weighted by molar-refractivity contribution is 0.447. The summed E-state index contributed by atoms with van der Waals surface area (Å²) in [6.45, 7) is 4.04. The maximum absolute atomic E-state index is 12.4. The average molecular weight is 258 g/mol. The number of aromatic nitrogens is 2. The Labute approximate surface area is 101 Å². The molecule has 17 heavy (non-hydrogen) atoms. The van der Waals surface area contributed by atoms with Gasteiger partial charge in [-0.1, -0.05) is 0 Å². The molecule has 0 aromatic carbocycles. The summed E-state index contributed by atoms with van der Waals surface area (Å²) in [7, 11) is -3.40. The minimum absolute atomic E-state index is 0.276. The standard InChI is InChI=1S/C10H18N4O2S/c1-2-14-10(3-5-12-14)17(15,16)13-6-4-9(7-11)8-13/h3,5,9H,2,4,6-8,11H2,1H3/t9-/m1/s1. The zero-order valence-electron chi connectivity index (χ0n) is 9.91. The van der Waals surface area contributed by atoms with Crippen LogP contribution in [0.4, 0.5) is 0 Å². The molecular weight excluding hydrogens is 240 g/mol. The maximum atomic E-state index is 12.4. The summed E-state index contributed by atoms with van der Waals surface area (Å²) in [5.74, 6) is 0.280. The molecule has 96 valence electrons. The first-order chi connectivity index (χ1) is 8.09. The van der Waals surface area contributed by atoms with E-state index in [2.05, 4.69) is 5.10 Å². The highest BCUT2D eigenvalue weighted by Crippen LogP contribution is 2.23. The first-order valence-corrected chi connectivity index (χ1v) is 7.25. The molecule has 2 rings (SSSR count). The van der Waals surface area contributed by atoms with Crippen molar-refractivity contribution in [3.63, 3.8) is 0 Å². The van der Waals surface area contributed by atoms with E-state index in [4.69, 9.17) is 5.73 Å². The molecule has 6 nitrogen and oxygen atoms in total. The van der Waals surface area contributed by atoms with E-state index in [9.17, 15) is 8.42 Å². The molecule has 0 unspecified atom stereocenters. The van der Waals surface area contributed by atoms with Gasteiger partial charge in [0.15, 0.2) is 5.03 Å². The zero-order valence-corrected chi connectivity index (χ0v) is 10.7. The second-order valence-electron chi connectivity index (χ2n) is 4.24. The van der Waals surface area contributed by atoms with Gasteiger partial charge < -0.3 is 5.73 Å². The zero-order chi connectivity index (χ0) is 12.5. The van der Waals surface area contributed by atoms with Gasteiger partial charge >= 0.3 is 0 Å². The van der Waals surface area contributed by atoms with E-state index in [1.165, 1.54) is 15.2 Å². The Morgan fingerprint density at radius 1 is 1.59 bits per heavy atom. The van der Waals surface area contributed by atoms with Crippen molar-refractivity contribution < 1.29 is 8.42 Å². The summed E-state index contributed by atoms with van der Waals surface area (Å²) in [5, 5.41) is 4.27. The number of sulfonamides is 1. The average Bonchev–Trinajstić information content (AvgIpc) is 2.97. The van der Waals surface area contributed by atoms with Crippen LogP contribution in [0.3, 0.4) is 0 Å². The number of rotatable bonds is 4. The molecule has 1 aliphatic heterocycles. The van der Waals surface area contributed by atoms with Crippen molar-refractivity contribution in [1.29, 1.82) is 0 Å². The largest absolute Gasteiger partial charge is 0.330 e. The van der Waals surface area contributed by atoms with Gasteiger partial charge in [-0.25, -0.2) is 8.42 Å². The number of hydrogen-bond donors (Lipinski definition) is 1. The Kier molecular flexibility index (Phi) is 3.50. The van der Waals surface area contributed by atoms with Crippen molar-refractivity contribution in [2.24, 2.45) is 11.7 Å². The summed E-state index contributed by atoms with van der Waals surface area (Å²) < 4.78 is 27.7. The van der Waals surface area contributed by atoms with E-state index >= 15 is 0 Å². The van der Waals surface area contributed by atoms with Gasteiger partial charge in [-0.3, -0.25) is 4.68 Å². The van der Waals surface area contributed by atoms with Crippen LogP contribution in [0.5, 0.6) is 0 Å². The van der Waals surface area contributed by atoms with E-state index in [0.29, 0.717) is 26.2 Å². The number of hydrogen-bond acceptors (Lipinski definition) is 4. The van der Waals surface area contributed by atoms with Gasteiger partial charge in [0.2, 0.25) is 0 Å².